The first-order chi connectivity index (χ1) is 14.1. The first-order valence-electron chi connectivity index (χ1n) is 9.12. The number of carbonyl (C=O) groups excluding carboxylic acids is 1. The average molecular weight is 407 g/mol. The van der Waals surface area contributed by atoms with Gasteiger partial charge in [-0.2, -0.15) is 0 Å². The third-order valence-corrected chi connectivity index (χ3v) is 5.62. The molecule has 6 nitrogen and oxygen atoms in total. The van der Waals surface area contributed by atoms with Gasteiger partial charge in [-0.3, -0.25) is 9.20 Å². The number of benzene rings is 2. The lowest BCUT2D eigenvalue weighted by Crippen LogP contribution is -2.14. The minimum absolute atomic E-state index is 0.0944. The van der Waals surface area contributed by atoms with Crippen LogP contribution in [0.15, 0.2) is 54.0 Å². The topological polar surface area (TPSA) is 64.9 Å². The molecule has 2 aromatic heterocycles. The van der Waals surface area contributed by atoms with Crippen LogP contribution in [0.25, 0.3) is 16.2 Å². The van der Waals surface area contributed by atoms with Gasteiger partial charge in [0.05, 0.1) is 26.3 Å². The van der Waals surface area contributed by atoms with Gasteiger partial charge in [-0.1, -0.05) is 18.2 Å². The number of nitrogens with one attached hydrogen (secondary N) is 1. The lowest BCUT2D eigenvalue weighted by Gasteiger charge is -2.10. The van der Waals surface area contributed by atoms with E-state index in [1.807, 2.05) is 42.6 Å². The minimum atomic E-state index is -0.0944. The van der Waals surface area contributed by atoms with E-state index >= 15 is 0 Å². The van der Waals surface area contributed by atoms with Gasteiger partial charge in [0.25, 0.3) is 0 Å². The van der Waals surface area contributed by atoms with Gasteiger partial charge in [-0.25, -0.2) is 4.98 Å². The number of hydrogen-bond donors (Lipinski definition) is 1. The van der Waals surface area contributed by atoms with Crippen molar-refractivity contribution in [2.45, 2.75) is 13.3 Å². The molecule has 0 saturated carbocycles. The SMILES string of the molecule is COc1ccc(CC(=O)Nc2ccc(-c3cn4c(C)csc4n3)cc2)cc1OC. The smallest absolute Gasteiger partial charge is 0.228 e. The predicted molar refractivity (Wildman–Crippen MR) is 115 cm³/mol. The first kappa shape index (κ1) is 19.0. The van der Waals surface area contributed by atoms with Crippen molar-refractivity contribution < 1.29 is 14.3 Å². The zero-order valence-electron chi connectivity index (χ0n) is 16.4. The van der Waals surface area contributed by atoms with Gasteiger partial charge in [0, 0.05) is 28.5 Å². The van der Waals surface area contributed by atoms with Gasteiger partial charge in [-0.05, 0) is 36.8 Å². The number of aryl methyl sites for hydroxylation is 1. The number of thiazole rings is 1. The van der Waals surface area contributed by atoms with Gasteiger partial charge >= 0.3 is 0 Å². The fraction of sp³-hybridized carbons (Fsp3) is 0.182. The monoisotopic (exact) mass is 407 g/mol. The molecular formula is C22H21N3O3S. The van der Waals surface area contributed by atoms with Crippen molar-refractivity contribution in [3.63, 3.8) is 0 Å². The van der Waals surface area contributed by atoms with Gasteiger partial charge in [0.1, 0.15) is 0 Å². The Bertz CT molecular complexity index is 1160. The number of imidazole rings is 1. The van der Waals surface area contributed by atoms with Crippen LogP contribution < -0.4 is 14.8 Å². The summed E-state index contributed by atoms with van der Waals surface area (Å²) in [6.45, 7) is 2.06. The maximum Gasteiger partial charge on any atom is 0.228 e. The molecule has 0 fully saturated rings. The van der Waals surface area contributed by atoms with E-state index in [-0.39, 0.29) is 12.3 Å². The van der Waals surface area contributed by atoms with Crippen LogP contribution in [0.4, 0.5) is 5.69 Å². The van der Waals surface area contributed by atoms with Crippen molar-refractivity contribution in [2.24, 2.45) is 0 Å². The summed E-state index contributed by atoms with van der Waals surface area (Å²) in [6.07, 6.45) is 2.28. The number of aromatic nitrogens is 2. The zero-order valence-corrected chi connectivity index (χ0v) is 17.2. The number of methoxy groups -OCH3 is 2. The van der Waals surface area contributed by atoms with Crippen LogP contribution in [0.1, 0.15) is 11.3 Å². The molecule has 29 heavy (non-hydrogen) atoms. The molecule has 1 amide bonds. The van der Waals surface area contributed by atoms with Crippen molar-refractivity contribution in [1.29, 1.82) is 0 Å². The van der Waals surface area contributed by atoms with Crippen LogP contribution in [0.3, 0.4) is 0 Å². The highest BCUT2D eigenvalue weighted by Crippen LogP contribution is 2.28. The molecule has 2 heterocycles. The Morgan fingerprint density at radius 2 is 1.86 bits per heavy atom. The lowest BCUT2D eigenvalue weighted by atomic mass is 10.1. The van der Waals surface area contributed by atoms with Crippen molar-refractivity contribution in [1.82, 2.24) is 9.38 Å². The Morgan fingerprint density at radius 3 is 2.55 bits per heavy atom. The van der Waals surface area contributed by atoms with E-state index in [1.165, 1.54) is 5.69 Å². The van der Waals surface area contributed by atoms with Crippen LogP contribution >= 0.6 is 11.3 Å². The Labute approximate surface area is 172 Å². The van der Waals surface area contributed by atoms with E-state index in [9.17, 15) is 4.79 Å². The summed E-state index contributed by atoms with van der Waals surface area (Å²) in [6, 6.07) is 13.2. The molecule has 0 aliphatic rings. The molecule has 0 atom stereocenters. The lowest BCUT2D eigenvalue weighted by molar-refractivity contribution is -0.115. The largest absolute Gasteiger partial charge is 0.493 e. The third-order valence-electron chi connectivity index (χ3n) is 4.67. The van der Waals surface area contributed by atoms with E-state index in [0.717, 1.165) is 27.5 Å². The zero-order chi connectivity index (χ0) is 20.4. The maximum absolute atomic E-state index is 12.4. The predicted octanol–water partition coefficient (Wildman–Crippen LogP) is 4.57. The highest BCUT2D eigenvalue weighted by Gasteiger charge is 2.10. The molecule has 0 saturated heterocycles. The number of nitrogens with zero attached hydrogens (tertiary/aromatic N) is 2. The standard InChI is InChI=1S/C22H21N3O3S/c1-14-13-29-22-24-18(12-25(14)22)16-5-7-17(8-6-16)23-21(26)11-15-4-9-19(27-2)20(10-15)28-3/h4-10,12-13H,11H2,1-3H3,(H,23,26). The summed E-state index contributed by atoms with van der Waals surface area (Å²) in [5, 5.41) is 5.02. The van der Waals surface area contributed by atoms with Crippen LogP contribution in [-0.4, -0.2) is 29.5 Å². The van der Waals surface area contributed by atoms with Crippen molar-refractivity contribution in [3.05, 3.63) is 65.3 Å². The van der Waals surface area contributed by atoms with Crippen LogP contribution in [0.2, 0.25) is 0 Å². The number of rotatable bonds is 6. The van der Waals surface area contributed by atoms with E-state index in [1.54, 1.807) is 31.6 Å². The minimum Gasteiger partial charge on any atom is -0.493 e. The second kappa shape index (κ2) is 7.97. The van der Waals surface area contributed by atoms with Crippen LogP contribution in [0, 0.1) is 6.92 Å². The number of ether oxygens (including phenoxy) is 2. The Hall–Kier alpha value is -3.32. The van der Waals surface area contributed by atoms with Crippen molar-refractivity contribution >= 4 is 27.9 Å². The summed E-state index contributed by atoms with van der Waals surface area (Å²) in [7, 11) is 3.16. The quantitative estimate of drug-likeness (QED) is 0.509. The molecule has 0 unspecified atom stereocenters. The maximum atomic E-state index is 12.4. The first-order valence-corrected chi connectivity index (χ1v) is 9.99. The molecule has 1 N–H and O–H groups in total. The fourth-order valence-corrected chi connectivity index (χ4v) is 3.99. The summed E-state index contributed by atoms with van der Waals surface area (Å²) in [4.78, 5) is 18.0. The van der Waals surface area contributed by atoms with E-state index in [0.29, 0.717) is 11.5 Å². The molecule has 0 spiro atoms. The molecule has 0 bridgehead atoms. The van der Waals surface area contributed by atoms with Gasteiger partial charge < -0.3 is 14.8 Å². The molecule has 7 heteroatoms. The molecule has 148 valence electrons. The van der Waals surface area contributed by atoms with Gasteiger partial charge in [0.15, 0.2) is 16.5 Å². The van der Waals surface area contributed by atoms with E-state index < -0.39 is 0 Å². The Kier molecular flexibility index (Phi) is 5.22. The summed E-state index contributed by atoms with van der Waals surface area (Å²) >= 11 is 1.62. The number of amides is 1. The van der Waals surface area contributed by atoms with Crippen LogP contribution in [0.5, 0.6) is 11.5 Å². The number of fused-ring (bicyclic) bond motifs is 1. The molecular weight excluding hydrogens is 386 g/mol. The highest BCUT2D eigenvalue weighted by molar-refractivity contribution is 7.15. The fourth-order valence-electron chi connectivity index (χ4n) is 3.14. The number of hydrogen-bond acceptors (Lipinski definition) is 5. The van der Waals surface area contributed by atoms with Gasteiger partial charge in [-0.15, -0.1) is 11.3 Å². The second-order valence-electron chi connectivity index (χ2n) is 6.65. The number of anilines is 1. The van der Waals surface area contributed by atoms with Crippen molar-refractivity contribution in [2.75, 3.05) is 19.5 Å². The number of carbonyl (C=O) groups is 1. The Balaban J connectivity index is 1.43. The van der Waals surface area contributed by atoms with E-state index in [2.05, 4.69) is 27.0 Å². The van der Waals surface area contributed by atoms with Crippen molar-refractivity contribution in [3.8, 4) is 22.8 Å². The highest BCUT2D eigenvalue weighted by atomic mass is 32.1. The molecule has 4 aromatic rings. The summed E-state index contributed by atoms with van der Waals surface area (Å²) < 4.78 is 12.6. The Morgan fingerprint density at radius 1 is 1.10 bits per heavy atom. The molecule has 2 aromatic carbocycles. The normalized spacial score (nSPS) is 10.9. The summed E-state index contributed by atoms with van der Waals surface area (Å²) in [5.74, 6) is 1.15. The summed E-state index contributed by atoms with van der Waals surface area (Å²) in [5.41, 5.74) is 4.70. The van der Waals surface area contributed by atoms with E-state index in [4.69, 9.17) is 9.47 Å². The van der Waals surface area contributed by atoms with Gasteiger partial charge in [0.2, 0.25) is 5.91 Å². The molecule has 0 aliphatic heterocycles. The molecule has 4 rings (SSSR count). The second-order valence-corrected chi connectivity index (χ2v) is 7.48. The van der Waals surface area contributed by atoms with Crippen LogP contribution in [-0.2, 0) is 11.2 Å². The molecule has 0 radical (unpaired) electrons. The molecule has 0 aliphatic carbocycles. The third kappa shape index (κ3) is 3.95. The average Bonchev–Trinajstić information content (AvgIpc) is 3.30.